The zero-order valence-corrected chi connectivity index (χ0v) is 12.4. The van der Waals surface area contributed by atoms with Gasteiger partial charge in [0.05, 0.1) is 6.20 Å². The van der Waals surface area contributed by atoms with Gasteiger partial charge in [-0.2, -0.15) is 0 Å². The first-order valence-electron chi connectivity index (χ1n) is 7.31. The van der Waals surface area contributed by atoms with Crippen molar-refractivity contribution in [3.8, 4) is 0 Å². The zero-order valence-electron chi connectivity index (χ0n) is 12.4. The Kier molecular flexibility index (Phi) is 3.91. The molecule has 0 spiro atoms. The van der Waals surface area contributed by atoms with E-state index in [1.54, 1.807) is 4.90 Å². The van der Waals surface area contributed by atoms with Crippen LogP contribution in [-0.4, -0.2) is 46.5 Å². The Morgan fingerprint density at radius 3 is 2.68 bits per heavy atom. The number of hydrogen-bond acceptors (Lipinski definition) is 4. The number of piperazine rings is 1. The topological polar surface area (TPSA) is 69.3 Å². The van der Waals surface area contributed by atoms with E-state index in [9.17, 15) is 9.59 Å². The zero-order chi connectivity index (χ0) is 15.5. The third-order valence-corrected chi connectivity index (χ3v) is 3.90. The van der Waals surface area contributed by atoms with Crippen molar-refractivity contribution in [2.75, 3.05) is 24.5 Å². The molecule has 2 aromatic rings. The number of amides is 1. The molecule has 0 saturated carbocycles. The summed E-state index contributed by atoms with van der Waals surface area (Å²) >= 11 is 0. The Hall–Kier alpha value is -2.63. The molecule has 2 heterocycles. The maximum absolute atomic E-state index is 12.5. The third-order valence-electron chi connectivity index (χ3n) is 3.90. The van der Waals surface area contributed by atoms with Gasteiger partial charge in [0.2, 0.25) is 0 Å². The number of carbonyl (C=O) groups is 1. The molecule has 0 aliphatic carbocycles. The van der Waals surface area contributed by atoms with E-state index in [0.717, 1.165) is 19.3 Å². The monoisotopic (exact) mass is 298 g/mol. The van der Waals surface area contributed by atoms with Crippen molar-refractivity contribution in [2.45, 2.75) is 13.0 Å². The van der Waals surface area contributed by atoms with E-state index in [0.29, 0.717) is 6.54 Å². The molecule has 0 radical (unpaired) electrons. The van der Waals surface area contributed by atoms with E-state index >= 15 is 0 Å². The molecule has 22 heavy (non-hydrogen) atoms. The minimum Gasteiger partial charge on any atom is -0.368 e. The Morgan fingerprint density at radius 1 is 1.27 bits per heavy atom. The summed E-state index contributed by atoms with van der Waals surface area (Å²) in [7, 11) is 0. The lowest BCUT2D eigenvalue weighted by atomic mass is 10.1. The Bertz CT molecular complexity index is 693. The van der Waals surface area contributed by atoms with Gasteiger partial charge in [-0.05, 0) is 19.1 Å². The standard InChI is InChI=1S/C16H18N4O2/c1-12-11-19(13-5-3-2-4-6-13)7-8-20(12)16(22)14-9-18-15(21)10-17-14/h2-6,9-10,12H,7-8,11H2,1H3,(H,18,21). The van der Waals surface area contributed by atoms with Crippen molar-refractivity contribution >= 4 is 11.6 Å². The summed E-state index contributed by atoms with van der Waals surface area (Å²) in [4.78, 5) is 34.0. The van der Waals surface area contributed by atoms with Crippen LogP contribution in [0.1, 0.15) is 17.4 Å². The number of aromatic nitrogens is 2. The second kappa shape index (κ2) is 6.01. The van der Waals surface area contributed by atoms with Gasteiger partial charge in [-0.3, -0.25) is 9.59 Å². The maximum Gasteiger partial charge on any atom is 0.274 e. The van der Waals surface area contributed by atoms with Crippen molar-refractivity contribution in [3.63, 3.8) is 0 Å². The second-order valence-electron chi connectivity index (χ2n) is 5.43. The number of H-pyrrole nitrogens is 1. The first-order valence-corrected chi connectivity index (χ1v) is 7.31. The van der Waals surface area contributed by atoms with E-state index in [1.807, 2.05) is 25.1 Å². The first-order chi connectivity index (χ1) is 10.6. The summed E-state index contributed by atoms with van der Waals surface area (Å²) in [5, 5.41) is 0. The van der Waals surface area contributed by atoms with Gasteiger partial charge in [0.1, 0.15) is 5.69 Å². The molecule has 1 unspecified atom stereocenters. The molecule has 1 aliphatic heterocycles. The lowest BCUT2D eigenvalue weighted by Crippen LogP contribution is -2.54. The molecular formula is C16H18N4O2. The summed E-state index contributed by atoms with van der Waals surface area (Å²) in [5.41, 5.74) is 1.14. The fraction of sp³-hybridized carbons (Fsp3) is 0.312. The number of aromatic amines is 1. The van der Waals surface area contributed by atoms with E-state index in [1.165, 1.54) is 11.9 Å². The molecule has 1 fully saturated rings. The molecule has 3 rings (SSSR count). The van der Waals surface area contributed by atoms with Crippen molar-refractivity contribution in [1.29, 1.82) is 0 Å². The minimum atomic E-state index is -0.307. The van der Waals surface area contributed by atoms with Crippen LogP contribution in [0.4, 0.5) is 5.69 Å². The van der Waals surface area contributed by atoms with Gasteiger partial charge in [0, 0.05) is 37.6 Å². The van der Waals surface area contributed by atoms with Crippen molar-refractivity contribution < 1.29 is 4.79 Å². The summed E-state index contributed by atoms with van der Waals surface area (Å²) in [5.74, 6) is -0.142. The molecule has 1 saturated heterocycles. The lowest BCUT2D eigenvalue weighted by Gasteiger charge is -2.40. The second-order valence-corrected chi connectivity index (χ2v) is 5.43. The molecule has 1 N–H and O–H groups in total. The average Bonchev–Trinajstić information content (AvgIpc) is 2.56. The van der Waals surface area contributed by atoms with Crippen LogP contribution in [0.2, 0.25) is 0 Å². The normalized spacial score (nSPS) is 18.3. The van der Waals surface area contributed by atoms with E-state index in [4.69, 9.17) is 0 Å². The van der Waals surface area contributed by atoms with E-state index in [2.05, 4.69) is 27.0 Å². The lowest BCUT2D eigenvalue weighted by molar-refractivity contribution is 0.0667. The average molecular weight is 298 g/mol. The molecule has 1 aromatic heterocycles. The Labute approximate surface area is 128 Å². The summed E-state index contributed by atoms with van der Waals surface area (Å²) in [6, 6.07) is 10.3. The van der Waals surface area contributed by atoms with Crippen molar-refractivity contribution in [3.05, 3.63) is 58.8 Å². The number of nitrogens with one attached hydrogen (secondary N) is 1. The van der Waals surface area contributed by atoms with Crippen LogP contribution in [0.15, 0.2) is 47.5 Å². The summed E-state index contributed by atoms with van der Waals surface area (Å²) < 4.78 is 0. The minimum absolute atomic E-state index is 0.0789. The maximum atomic E-state index is 12.5. The smallest absolute Gasteiger partial charge is 0.274 e. The highest BCUT2D eigenvalue weighted by atomic mass is 16.2. The van der Waals surface area contributed by atoms with Gasteiger partial charge in [0.15, 0.2) is 0 Å². The van der Waals surface area contributed by atoms with Crippen LogP contribution in [0, 0.1) is 0 Å². The van der Waals surface area contributed by atoms with Gasteiger partial charge >= 0.3 is 0 Å². The van der Waals surface area contributed by atoms with Crippen LogP contribution in [0.25, 0.3) is 0 Å². The van der Waals surface area contributed by atoms with Gasteiger partial charge < -0.3 is 14.8 Å². The number of hydrogen-bond donors (Lipinski definition) is 1. The predicted molar refractivity (Wildman–Crippen MR) is 84.0 cm³/mol. The molecule has 114 valence electrons. The molecule has 0 bridgehead atoms. The van der Waals surface area contributed by atoms with Crippen molar-refractivity contribution in [1.82, 2.24) is 14.9 Å². The van der Waals surface area contributed by atoms with Crippen LogP contribution in [-0.2, 0) is 0 Å². The highest BCUT2D eigenvalue weighted by Gasteiger charge is 2.28. The molecule has 6 nitrogen and oxygen atoms in total. The predicted octanol–water partition coefficient (Wildman–Crippen LogP) is 1.12. The highest BCUT2D eigenvalue weighted by Crippen LogP contribution is 2.19. The molecular weight excluding hydrogens is 280 g/mol. The van der Waals surface area contributed by atoms with Gasteiger partial charge in [-0.25, -0.2) is 4.98 Å². The number of nitrogens with zero attached hydrogens (tertiary/aromatic N) is 3. The van der Waals surface area contributed by atoms with Crippen LogP contribution in [0.3, 0.4) is 0 Å². The van der Waals surface area contributed by atoms with Crippen LogP contribution in [0.5, 0.6) is 0 Å². The van der Waals surface area contributed by atoms with Crippen molar-refractivity contribution in [2.24, 2.45) is 0 Å². The van der Waals surface area contributed by atoms with Crippen LogP contribution >= 0.6 is 0 Å². The highest BCUT2D eigenvalue weighted by molar-refractivity contribution is 5.92. The van der Waals surface area contributed by atoms with Crippen LogP contribution < -0.4 is 10.5 Å². The number of benzene rings is 1. The fourth-order valence-electron chi connectivity index (χ4n) is 2.74. The number of para-hydroxylation sites is 1. The summed E-state index contributed by atoms with van der Waals surface area (Å²) in [6.45, 7) is 4.22. The number of anilines is 1. The quantitative estimate of drug-likeness (QED) is 0.902. The summed E-state index contributed by atoms with van der Waals surface area (Å²) in [6.07, 6.45) is 2.51. The third kappa shape index (κ3) is 2.86. The molecule has 1 aromatic carbocycles. The molecule has 1 amide bonds. The Morgan fingerprint density at radius 2 is 2.05 bits per heavy atom. The SMILES string of the molecule is CC1CN(c2ccccc2)CCN1C(=O)c1c[nH]c(=O)cn1. The van der Waals surface area contributed by atoms with E-state index < -0.39 is 0 Å². The molecule has 1 aliphatic rings. The molecule has 6 heteroatoms. The Balaban J connectivity index is 1.71. The number of rotatable bonds is 2. The molecule has 1 atom stereocenters. The van der Waals surface area contributed by atoms with E-state index in [-0.39, 0.29) is 23.2 Å². The van der Waals surface area contributed by atoms with Gasteiger partial charge in [-0.1, -0.05) is 18.2 Å². The first kappa shape index (κ1) is 14.3. The largest absolute Gasteiger partial charge is 0.368 e. The van der Waals surface area contributed by atoms with Gasteiger partial charge in [-0.15, -0.1) is 0 Å². The number of carbonyl (C=O) groups excluding carboxylic acids is 1. The van der Waals surface area contributed by atoms with Gasteiger partial charge in [0.25, 0.3) is 11.5 Å². The fourth-order valence-corrected chi connectivity index (χ4v) is 2.74.